The number of hydrogen-bond donors (Lipinski definition) is 0. The average molecular weight is 208 g/mol. The van der Waals surface area contributed by atoms with Crippen molar-refractivity contribution in [1.29, 1.82) is 0 Å². The van der Waals surface area contributed by atoms with Gasteiger partial charge in [0, 0.05) is 6.42 Å². The van der Waals surface area contributed by atoms with Crippen LogP contribution in [-0.2, 0) is 0 Å². The summed E-state index contributed by atoms with van der Waals surface area (Å²) in [5, 5.41) is 0. The maximum absolute atomic E-state index is 12.5. The highest BCUT2D eigenvalue weighted by Crippen LogP contribution is 2.38. The molecule has 1 atom stereocenters. The lowest BCUT2D eigenvalue weighted by atomic mass is 10.0. The molecule has 0 heterocycles. The van der Waals surface area contributed by atoms with Crippen molar-refractivity contribution in [3.63, 3.8) is 0 Å². The maximum atomic E-state index is 12.5. The van der Waals surface area contributed by atoms with Crippen LogP contribution in [0.15, 0.2) is 0 Å². The van der Waals surface area contributed by atoms with Crippen molar-refractivity contribution < 1.29 is 26.3 Å². The molecule has 0 radical (unpaired) electrons. The molecule has 80 valence electrons. The second kappa shape index (κ2) is 3.75. The molecule has 0 aromatic heterocycles. The molecule has 6 heteroatoms. The van der Waals surface area contributed by atoms with Crippen molar-refractivity contribution in [3.8, 4) is 0 Å². The summed E-state index contributed by atoms with van der Waals surface area (Å²) in [7, 11) is 0. The predicted octanol–water partition coefficient (Wildman–Crippen LogP) is 3.57. The van der Waals surface area contributed by atoms with Gasteiger partial charge in [0.1, 0.15) is 0 Å². The van der Waals surface area contributed by atoms with E-state index >= 15 is 0 Å². The van der Waals surface area contributed by atoms with Gasteiger partial charge in [-0.2, -0.15) is 13.2 Å². The summed E-state index contributed by atoms with van der Waals surface area (Å²) < 4.78 is 71.7. The van der Waals surface area contributed by atoms with E-state index in [0.717, 1.165) is 0 Å². The van der Waals surface area contributed by atoms with E-state index in [-0.39, 0.29) is 0 Å². The van der Waals surface area contributed by atoms with Crippen LogP contribution in [0.4, 0.5) is 26.3 Å². The molecule has 0 aromatic carbocycles. The van der Waals surface area contributed by atoms with Crippen LogP contribution in [0.25, 0.3) is 0 Å². The zero-order chi connectivity index (χ0) is 10.9. The lowest BCUT2D eigenvalue weighted by Gasteiger charge is -2.23. The molecule has 0 bridgehead atoms. The van der Waals surface area contributed by atoms with Gasteiger partial charge in [0.25, 0.3) is 12.1 Å². The Morgan fingerprint density at radius 3 is 1.62 bits per heavy atom. The van der Waals surface area contributed by atoms with Gasteiger partial charge in [-0.15, -0.1) is 0 Å². The fourth-order valence-corrected chi connectivity index (χ4v) is 0.887. The van der Waals surface area contributed by atoms with Crippen LogP contribution in [0.5, 0.6) is 0 Å². The van der Waals surface area contributed by atoms with E-state index in [1.807, 2.05) is 0 Å². The molecule has 0 aromatic rings. The Hall–Kier alpha value is -0.420. The Kier molecular flexibility index (Phi) is 3.63. The number of hydrogen-bond acceptors (Lipinski definition) is 0. The SMILES string of the molecule is CC(C)CC(F)(F)C(F)C(F)(F)F. The highest BCUT2D eigenvalue weighted by atomic mass is 19.4. The molecule has 0 spiro atoms. The van der Waals surface area contributed by atoms with E-state index in [1.165, 1.54) is 13.8 Å². The van der Waals surface area contributed by atoms with Gasteiger partial charge in [0.15, 0.2) is 0 Å². The predicted molar refractivity (Wildman–Crippen MR) is 35.4 cm³/mol. The summed E-state index contributed by atoms with van der Waals surface area (Å²) in [6.45, 7) is 2.61. The molecule has 0 aliphatic heterocycles. The number of alkyl halides is 6. The van der Waals surface area contributed by atoms with Crippen molar-refractivity contribution in [1.82, 2.24) is 0 Å². The van der Waals surface area contributed by atoms with Gasteiger partial charge < -0.3 is 0 Å². The van der Waals surface area contributed by atoms with Gasteiger partial charge in [0.2, 0.25) is 0 Å². The largest absolute Gasteiger partial charge is 0.425 e. The molecule has 0 fully saturated rings. The third kappa shape index (κ3) is 3.87. The Labute approximate surface area is 71.9 Å². The van der Waals surface area contributed by atoms with E-state index in [1.54, 1.807) is 0 Å². The first kappa shape index (κ1) is 12.6. The molecule has 0 aliphatic carbocycles. The molecule has 0 rings (SSSR count). The highest BCUT2D eigenvalue weighted by Gasteiger charge is 2.56. The van der Waals surface area contributed by atoms with E-state index in [2.05, 4.69) is 0 Å². The van der Waals surface area contributed by atoms with Crippen LogP contribution in [0.1, 0.15) is 20.3 Å². The summed E-state index contributed by atoms with van der Waals surface area (Å²) >= 11 is 0. The topological polar surface area (TPSA) is 0 Å². The second-order valence-corrected chi connectivity index (χ2v) is 3.26. The maximum Gasteiger partial charge on any atom is 0.425 e. The summed E-state index contributed by atoms with van der Waals surface area (Å²) in [5.41, 5.74) is 0. The molecular weight excluding hydrogens is 198 g/mol. The minimum absolute atomic E-state index is 0.685. The monoisotopic (exact) mass is 208 g/mol. The average Bonchev–Trinajstić information content (AvgIpc) is 1.80. The molecule has 0 saturated carbocycles. The van der Waals surface area contributed by atoms with Crippen LogP contribution in [0, 0.1) is 5.92 Å². The van der Waals surface area contributed by atoms with Gasteiger partial charge in [-0.25, -0.2) is 13.2 Å². The molecule has 1 unspecified atom stereocenters. The van der Waals surface area contributed by atoms with Gasteiger partial charge in [-0.3, -0.25) is 0 Å². The quantitative estimate of drug-likeness (QED) is 0.622. The normalized spacial score (nSPS) is 16.4. The Morgan fingerprint density at radius 1 is 1.00 bits per heavy atom. The lowest BCUT2D eigenvalue weighted by molar-refractivity contribution is -0.247. The van der Waals surface area contributed by atoms with Crippen LogP contribution in [0.2, 0.25) is 0 Å². The first-order valence-corrected chi connectivity index (χ1v) is 3.66. The minimum atomic E-state index is -5.49. The summed E-state index contributed by atoms with van der Waals surface area (Å²) in [6, 6.07) is 0. The van der Waals surface area contributed by atoms with Crippen LogP contribution >= 0.6 is 0 Å². The summed E-state index contributed by atoms with van der Waals surface area (Å²) in [4.78, 5) is 0. The fourth-order valence-electron chi connectivity index (χ4n) is 0.887. The van der Waals surface area contributed by atoms with Crippen molar-refractivity contribution in [2.75, 3.05) is 0 Å². The van der Waals surface area contributed by atoms with E-state index in [9.17, 15) is 26.3 Å². The first-order valence-electron chi connectivity index (χ1n) is 3.66. The van der Waals surface area contributed by atoms with Crippen molar-refractivity contribution >= 4 is 0 Å². The minimum Gasteiger partial charge on any atom is -0.231 e. The fraction of sp³-hybridized carbons (Fsp3) is 1.00. The number of rotatable bonds is 3. The van der Waals surface area contributed by atoms with Crippen molar-refractivity contribution in [2.24, 2.45) is 5.92 Å². The van der Waals surface area contributed by atoms with E-state index in [0.29, 0.717) is 0 Å². The highest BCUT2D eigenvalue weighted by molar-refractivity contribution is 4.83. The van der Waals surface area contributed by atoms with Gasteiger partial charge >= 0.3 is 6.18 Å². The van der Waals surface area contributed by atoms with Crippen LogP contribution in [0.3, 0.4) is 0 Å². The van der Waals surface area contributed by atoms with Crippen molar-refractivity contribution in [3.05, 3.63) is 0 Å². The summed E-state index contributed by atoms with van der Waals surface area (Å²) in [6.07, 6.45) is -10.7. The Balaban J connectivity index is 4.45. The van der Waals surface area contributed by atoms with Gasteiger partial charge in [-0.1, -0.05) is 13.8 Å². The zero-order valence-corrected chi connectivity index (χ0v) is 7.13. The van der Waals surface area contributed by atoms with E-state index in [4.69, 9.17) is 0 Å². The molecule has 0 saturated heterocycles. The molecule has 13 heavy (non-hydrogen) atoms. The van der Waals surface area contributed by atoms with Gasteiger partial charge in [-0.05, 0) is 5.92 Å². The van der Waals surface area contributed by atoms with E-state index < -0.39 is 30.6 Å². The zero-order valence-electron chi connectivity index (χ0n) is 7.13. The molecule has 0 nitrogen and oxygen atoms in total. The lowest BCUT2D eigenvalue weighted by Crippen LogP contribution is -2.42. The van der Waals surface area contributed by atoms with Crippen LogP contribution < -0.4 is 0 Å². The third-order valence-electron chi connectivity index (χ3n) is 1.34. The number of halogens is 6. The van der Waals surface area contributed by atoms with Gasteiger partial charge in [0.05, 0.1) is 0 Å². The molecule has 0 aliphatic rings. The van der Waals surface area contributed by atoms with Crippen molar-refractivity contribution in [2.45, 2.75) is 38.5 Å². The molecule has 0 N–H and O–H groups in total. The van der Waals surface area contributed by atoms with Crippen LogP contribution in [-0.4, -0.2) is 18.3 Å². The Bertz CT molecular complexity index is 159. The molecule has 0 amide bonds. The summed E-state index contributed by atoms with van der Waals surface area (Å²) in [5.74, 6) is -5.01. The smallest absolute Gasteiger partial charge is 0.231 e. The third-order valence-corrected chi connectivity index (χ3v) is 1.34. The first-order chi connectivity index (χ1) is 5.57. The standard InChI is InChI=1S/C7H10F6/c1-4(2)3-6(9,10)5(8)7(11,12)13/h4-5H,3H2,1-2H3. The molecular formula is C7H10F6. The second-order valence-electron chi connectivity index (χ2n) is 3.26. The Morgan fingerprint density at radius 2 is 1.38 bits per heavy atom.